The monoisotopic (exact) mass is 382 g/mol. The van der Waals surface area contributed by atoms with Gasteiger partial charge in [-0.1, -0.05) is 32.0 Å². The Bertz CT molecular complexity index is 1060. The Labute approximate surface area is 162 Å². The van der Waals surface area contributed by atoms with Gasteiger partial charge in [0.15, 0.2) is 6.61 Å². The number of rotatable bonds is 6. The molecule has 6 nitrogen and oxygen atoms in total. The van der Waals surface area contributed by atoms with Gasteiger partial charge in [-0.15, -0.1) is 0 Å². The summed E-state index contributed by atoms with van der Waals surface area (Å²) in [6, 6.07) is 12.0. The molecule has 0 atom stereocenters. The van der Waals surface area contributed by atoms with E-state index in [4.69, 9.17) is 13.9 Å². The van der Waals surface area contributed by atoms with E-state index in [0.717, 1.165) is 5.56 Å². The molecule has 0 aliphatic heterocycles. The zero-order valence-electron chi connectivity index (χ0n) is 16.0. The lowest BCUT2D eigenvalue weighted by Crippen LogP contribution is -2.16. The summed E-state index contributed by atoms with van der Waals surface area (Å²) in [7, 11) is 0. The summed E-state index contributed by atoms with van der Waals surface area (Å²) in [6.07, 6.45) is 0. The van der Waals surface area contributed by atoms with Crippen LogP contribution in [0, 0.1) is 6.92 Å². The molecule has 0 radical (unpaired) electrons. The molecule has 0 saturated carbocycles. The molecule has 28 heavy (non-hydrogen) atoms. The summed E-state index contributed by atoms with van der Waals surface area (Å²) in [4.78, 5) is 23.9. The highest BCUT2D eigenvalue weighted by Gasteiger charge is 2.14. The molecule has 146 valence electrons. The summed E-state index contributed by atoms with van der Waals surface area (Å²) in [5, 5.41) is 10.4. The Morgan fingerprint density at radius 2 is 1.93 bits per heavy atom. The van der Waals surface area contributed by atoms with Crippen LogP contribution in [0.4, 0.5) is 0 Å². The van der Waals surface area contributed by atoms with Crippen LogP contribution in [-0.2, 0) is 16.1 Å². The van der Waals surface area contributed by atoms with E-state index < -0.39 is 11.6 Å². The molecule has 0 bridgehead atoms. The SMILES string of the molecule is Cc1c(O)ccc2c(COC(=O)COc3ccccc3C(C)C)cc(=O)oc12. The zero-order chi connectivity index (χ0) is 20.3. The van der Waals surface area contributed by atoms with E-state index in [9.17, 15) is 14.7 Å². The van der Waals surface area contributed by atoms with Gasteiger partial charge in [0.2, 0.25) is 0 Å². The second kappa shape index (κ2) is 8.17. The first-order chi connectivity index (χ1) is 13.4. The standard InChI is InChI=1S/C22H22O6/c1-13(2)16-6-4-5-7-19(16)26-12-21(25)27-11-15-10-20(24)28-22-14(3)18(23)9-8-17(15)22/h4-10,13,23H,11-12H2,1-3H3. The third-order valence-corrected chi connectivity index (χ3v) is 4.49. The van der Waals surface area contributed by atoms with Crippen LogP contribution in [0.15, 0.2) is 51.7 Å². The molecule has 0 fully saturated rings. The molecular formula is C22H22O6. The van der Waals surface area contributed by atoms with Crippen molar-refractivity contribution < 1.29 is 23.8 Å². The molecule has 1 N–H and O–H groups in total. The first kappa shape index (κ1) is 19.5. The van der Waals surface area contributed by atoms with Crippen molar-refractivity contribution in [2.75, 3.05) is 6.61 Å². The predicted octanol–water partition coefficient (Wildman–Crippen LogP) is 4.05. The van der Waals surface area contributed by atoms with Gasteiger partial charge in [-0.3, -0.25) is 0 Å². The Hall–Kier alpha value is -3.28. The van der Waals surface area contributed by atoms with Crippen LogP contribution in [0.25, 0.3) is 11.0 Å². The van der Waals surface area contributed by atoms with Crippen molar-refractivity contribution in [2.45, 2.75) is 33.3 Å². The normalized spacial score (nSPS) is 11.0. The number of aryl methyl sites for hydroxylation is 1. The molecule has 0 spiro atoms. The number of hydrogen-bond acceptors (Lipinski definition) is 6. The molecule has 0 aliphatic carbocycles. The molecule has 1 heterocycles. The molecule has 6 heteroatoms. The van der Waals surface area contributed by atoms with E-state index in [1.807, 2.05) is 38.1 Å². The summed E-state index contributed by atoms with van der Waals surface area (Å²) < 4.78 is 16.1. The van der Waals surface area contributed by atoms with Crippen LogP contribution < -0.4 is 10.4 Å². The van der Waals surface area contributed by atoms with Crippen LogP contribution in [0.1, 0.15) is 36.5 Å². The molecule has 0 unspecified atom stereocenters. The number of hydrogen-bond donors (Lipinski definition) is 1. The fourth-order valence-electron chi connectivity index (χ4n) is 2.96. The molecule has 2 aromatic carbocycles. The van der Waals surface area contributed by atoms with Crippen molar-refractivity contribution in [3.63, 3.8) is 0 Å². The van der Waals surface area contributed by atoms with Crippen molar-refractivity contribution in [3.8, 4) is 11.5 Å². The molecule has 0 aliphatic rings. The number of para-hydroxylation sites is 1. The van der Waals surface area contributed by atoms with Gasteiger partial charge >= 0.3 is 11.6 Å². The lowest BCUT2D eigenvalue weighted by atomic mass is 10.0. The quantitative estimate of drug-likeness (QED) is 0.511. The lowest BCUT2D eigenvalue weighted by Gasteiger charge is -2.13. The number of esters is 1. The summed E-state index contributed by atoms with van der Waals surface area (Å²) in [6.45, 7) is 5.42. The van der Waals surface area contributed by atoms with Crippen LogP contribution in [0.5, 0.6) is 11.5 Å². The molecular weight excluding hydrogens is 360 g/mol. The number of carbonyl (C=O) groups excluding carboxylic acids is 1. The number of benzene rings is 2. The van der Waals surface area contributed by atoms with E-state index in [2.05, 4.69) is 0 Å². The second-order valence-electron chi connectivity index (χ2n) is 6.82. The Morgan fingerprint density at radius 3 is 2.68 bits per heavy atom. The van der Waals surface area contributed by atoms with Gasteiger partial charge in [-0.2, -0.15) is 0 Å². The van der Waals surface area contributed by atoms with Gasteiger partial charge in [-0.25, -0.2) is 9.59 Å². The molecule has 0 amide bonds. The lowest BCUT2D eigenvalue weighted by molar-refractivity contribution is -0.147. The average Bonchev–Trinajstić information content (AvgIpc) is 2.67. The van der Waals surface area contributed by atoms with Crippen molar-refractivity contribution in [1.29, 1.82) is 0 Å². The van der Waals surface area contributed by atoms with Gasteiger partial charge in [0.25, 0.3) is 0 Å². The molecule has 1 aromatic heterocycles. The molecule has 0 saturated heterocycles. The van der Waals surface area contributed by atoms with Gasteiger partial charge in [0.05, 0.1) is 0 Å². The van der Waals surface area contributed by atoms with Gasteiger partial charge < -0.3 is 19.0 Å². The Morgan fingerprint density at radius 1 is 1.18 bits per heavy atom. The Balaban J connectivity index is 1.70. The van der Waals surface area contributed by atoms with Crippen molar-refractivity contribution in [2.24, 2.45) is 0 Å². The third kappa shape index (κ3) is 4.17. The number of aromatic hydroxyl groups is 1. The van der Waals surface area contributed by atoms with Crippen LogP contribution >= 0.6 is 0 Å². The fourth-order valence-corrected chi connectivity index (χ4v) is 2.96. The van der Waals surface area contributed by atoms with Crippen molar-refractivity contribution in [3.05, 3.63) is 69.6 Å². The summed E-state index contributed by atoms with van der Waals surface area (Å²) in [5.74, 6) is 0.394. The number of phenolic OH excluding ortho intramolecular Hbond substituents is 1. The van der Waals surface area contributed by atoms with E-state index >= 15 is 0 Å². The van der Waals surface area contributed by atoms with Crippen molar-refractivity contribution >= 4 is 16.9 Å². The highest BCUT2D eigenvalue weighted by Crippen LogP contribution is 2.28. The van der Waals surface area contributed by atoms with E-state index in [1.165, 1.54) is 12.1 Å². The first-order valence-corrected chi connectivity index (χ1v) is 8.99. The number of phenols is 1. The summed E-state index contributed by atoms with van der Waals surface area (Å²) >= 11 is 0. The Kier molecular flexibility index (Phi) is 5.68. The van der Waals surface area contributed by atoms with Crippen LogP contribution in [0.3, 0.4) is 0 Å². The highest BCUT2D eigenvalue weighted by atomic mass is 16.6. The number of carbonyl (C=O) groups is 1. The average molecular weight is 382 g/mol. The van der Waals surface area contributed by atoms with Crippen molar-refractivity contribution in [1.82, 2.24) is 0 Å². The third-order valence-electron chi connectivity index (χ3n) is 4.49. The minimum Gasteiger partial charge on any atom is -0.508 e. The highest BCUT2D eigenvalue weighted by molar-refractivity contribution is 5.85. The maximum atomic E-state index is 12.1. The second-order valence-corrected chi connectivity index (χ2v) is 6.82. The number of ether oxygens (including phenoxy) is 2. The fraction of sp³-hybridized carbons (Fsp3) is 0.273. The molecule has 3 rings (SSSR count). The van der Waals surface area contributed by atoms with Gasteiger partial charge in [-0.05, 0) is 36.6 Å². The smallest absolute Gasteiger partial charge is 0.344 e. The van der Waals surface area contributed by atoms with Crippen LogP contribution in [0.2, 0.25) is 0 Å². The van der Waals surface area contributed by atoms with E-state index in [1.54, 1.807) is 13.0 Å². The predicted molar refractivity (Wildman–Crippen MR) is 105 cm³/mol. The zero-order valence-corrected chi connectivity index (χ0v) is 16.0. The number of fused-ring (bicyclic) bond motifs is 1. The maximum Gasteiger partial charge on any atom is 0.344 e. The van der Waals surface area contributed by atoms with Gasteiger partial charge in [0, 0.05) is 22.6 Å². The van der Waals surface area contributed by atoms with Gasteiger partial charge in [0.1, 0.15) is 23.7 Å². The minimum atomic E-state index is -0.575. The first-order valence-electron chi connectivity index (χ1n) is 8.99. The van der Waals surface area contributed by atoms with Crippen LogP contribution in [-0.4, -0.2) is 17.7 Å². The maximum absolute atomic E-state index is 12.1. The largest absolute Gasteiger partial charge is 0.508 e. The topological polar surface area (TPSA) is 86.0 Å². The van der Waals surface area contributed by atoms with E-state index in [-0.39, 0.29) is 30.5 Å². The summed E-state index contributed by atoms with van der Waals surface area (Å²) in [5.41, 5.74) is 1.67. The van der Waals surface area contributed by atoms with E-state index in [0.29, 0.717) is 22.3 Å². The molecule has 3 aromatic rings. The minimum absolute atomic E-state index is 0.0296.